The van der Waals surface area contributed by atoms with E-state index in [0.29, 0.717) is 0 Å². The number of nitrogens with zero attached hydrogens (tertiary/aromatic N) is 1. The number of rotatable bonds is 9. The number of benzene rings is 2. The fraction of sp³-hybridized carbons (Fsp3) is 0.300. The predicted octanol–water partition coefficient (Wildman–Crippen LogP) is 2.29. The lowest BCUT2D eigenvalue weighted by atomic mass is 10.0. The summed E-state index contributed by atoms with van der Waals surface area (Å²) in [5, 5.41) is 2.81. The number of hydrogen-bond donors (Lipinski definition) is 1. The van der Waals surface area contributed by atoms with Crippen LogP contribution in [0.3, 0.4) is 0 Å². The molecule has 2 rings (SSSR count). The van der Waals surface area contributed by atoms with Crippen molar-refractivity contribution in [2.24, 2.45) is 0 Å². The van der Waals surface area contributed by atoms with Crippen LogP contribution < -0.4 is 5.32 Å². The zero-order valence-electron chi connectivity index (χ0n) is 16.5. The van der Waals surface area contributed by atoms with Crippen molar-refractivity contribution in [2.75, 3.05) is 20.8 Å². The molecule has 0 aliphatic rings. The molecule has 0 radical (unpaired) electrons. The number of carbonyl (C=O) groups excluding carboxylic acids is 2. The maximum absolute atomic E-state index is 12.7. The lowest BCUT2D eigenvalue weighted by molar-refractivity contribution is -0.143. The fourth-order valence-corrected chi connectivity index (χ4v) is 3.56. The predicted molar refractivity (Wildman–Crippen MR) is 106 cm³/mol. The first-order valence-electron chi connectivity index (χ1n) is 8.94. The van der Waals surface area contributed by atoms with E-state index in [-0.39, 0.29) is 23.5 Å². The Morgan fingerprint density at radius 2 is 1.69 bits per heavy atom. The first-order valence-corrected chi connectivity index (χ1v) is 10.4. The van der Waals surface area contributed by atoms with Crippen LogP contribution in [0.4, 0.5) is 0 Å². The van der Waals surface area contributed by atoms with Crippen molar-refractivity contribution in [3.05, 3.63) is 65.7 Å². The molecule has 1 amide bonds. The minimum Gasteiger partial charge on any atom is -0.466 e. The smallest absolute Gasteiger partial charge is 0.308 e. The highest BCUT2D eigenvalue weighted by molar-refractivity contribution is 7.89. The van der Waals surface area contributed by atoms with Gasteiger partial charge in [-0.3, -0.25) is 14.4 Å². The summed E-state index contributed by atoms with van der Waals surface area (Å²) in [6, 6.07) is 13.9. The molecule has 9 heteroatoms. The lowest BCUT2D eigenvalue weighted by Gasteiger charge is -2.19. The molecule has 0 saturated heterocycles. The average molecular weight is 420 g/mol. The summed E-state index contributed by atoms with van der Waals surface area (Å²) in [4.78, 5) is 29.3. The third kappa shape index (κ3) is 5.86. The molecule has 8 nitrogen and oxygen atoms in total. The molecule has 0 aliphatic carbocycles. The molecule has 0 saturated carbocycles. The van der Waals surface area contributed by atoms with E-state index in [1.54, 1.807) is 19.1 Å². The minimum absolute atomic E-state index is 0.00969. The number of sulfonamides is 1. The average Bonchev–Trinajstić information content (AvgIpc) is 2.73. The normalized spacial score (nSPS) is 12.4. The second-order valence-corrected chi connectivity index (χ2v) is 8.00. The molecule has 0 fully saturated rings. The van der Waals surface area contributed by atoms with Gasteiger partial charge in [0.25, 0.3) is 15.9 Å². The number of nitrogens with one attached hydrogen (secondary N) is 1. The summed E-state index contributed by atoms with van der Waals surface area (Å²) in [7, 11) is -1.29. The van der Waals surface area contributed by atoms with Gasteiger partial charge < -0.3 is 10.1 Å². The van der Waals surface area contributed by atoms with Gasteiger partial charge in [0.1, 0.15) is 0 Å². The minimum atomic E-state index is -3.80. The van der Waals surface area contributed by atoms with E-state index in [1.807, 2.05) is 18.2 Å². The highest BCUT2D eigenvalue weighted by Gasteiger charge is 2.23. The molecule has 0 bridgehead atoms. The molecule has 2 aromatic carbocycles. The summed E-state index contributed by atoms with van der Waals surface area (Å²) in [5.74, 6) is -0.863. The Morgan fingerprint density at radius 1 is 1.07 bits per heavy atom. The fourth-order valence-electron chi connectivity index (χ4n) is 2.59. The second kappa shape index (κ2) is 10.1. The molecule has 1 N–H and O–H groups in total. The molecule has 29 heavy (non-hydrogen) atoms. The molecule has 156 valence electrons. The quantitative estimate of drug-likeness (QED) is 0.493. The maximum atomic E-state index is 12.7. The van der Waals surface area contributed by atoms with Crippen LogP contribution in [0.1, 0.15) is 35.3 Å². The Bertz CT molecular complexity index is 929. The van der Waals surface area contributed by atoms with Gasteiger partial charge in [-0.1, -0.05) is 34.8 Å². The Labute approximate surface area is 170 Å². The van der Waals surface area contributed by atoms with Crippen LogP contribution in [-0.4, -0.2) is 45.5 Å². The lowest BCUT2D eigenvalue weighted by Crippen LogP contribution is -2.31. The summed E-state index contributed by atoms with van der Waals surface area (Å²) < 4.78 is 30.2. The second-order valence-electron chi connectivity index (χ2n) is 6.07. The van der Waals surface area contributed by atoms with Gasteiger partial charge in [-0.05, 0) is 36.8 Å². The van der Waals surface area contributed by atoms with Crippen LogP contribution in [0.15, 0.2) is 59.5 Å². The number of hydrogen-bond acceptors (Lipinski definition) is 6. The van der Waals surface area contributed by atoms with Crippen molar-refractivity contribution >= 4 is 21.9 Å². The van der Waals surface area contributed by atoms with Crippen LogP contribution in [0.25, 0.3) is 0 Å². The first kappa shape index (κ1) is 22.5. The highest BCUT2D eigenvalue weighted by atomic mass is 32.2. The molecule has 2 aromatic rings. The summed E-state index contributed by atoms with van der Waals surface area (Å²) >= 11 is 0. The topological polar surface area (TPSA) is 102 Å². The van der Waals surface area contributed by atoms with Gasteiger partial charge in [0.15, 0.2) is 0 Å². The van der Waals surface area contributed by atoms with Crippen LogP contribution in [0, 0.1) is 0 Å². The van der Waals surface area contributed by atoms with Gasteiger partial charge in [0.2, 0.25) is 0 Å². The molecule has 1 unspecified atom stereocenters. The van der Waals surface area contributed by atoms with Crippen molar-refractivity contribution in [3.63, 3.8) is 0 Å². The molecular formula is C20H24N2O6S. The highest BCUT2D eigenvalue weighted by Crippen LogP contribution is 2.19. The monoisotopic (exact) mass is 420 g/mol. The molecule has 1 atom stereocenters. The zero-order chi connectivity index (χ0) is 21.4. The van der Waals surface area contributed by atoms with E-state index in [1.165, 1.54) is 38.4 Å². The largest absolute Gasteiger partial charge is 0.466 e. The van der Waals surface area contributed by atoms with Crippen LogP contribution in [-0.2, 0) is 24.4 Å². The van der Waals surface area contributed by atoms with E-state index in [2.05, 4.69) is 5.32 Å². The van der Waals surface area contributed by atoms with Crippen molar-refractivity contribution in [1.82, 2.24) is 9.79 Å². The van der Waals surface area contributed by atoms with Gasteiger partial charge in [-0.25, -0.2) is 8.42 Å². The van der Waals surface area contributed by atoms with E-state index < -0.39 is 27.9 Å². The number of amides is 1. The molecule has 0 aliphatic heterocycles. The van der Waals surface area contributed by atoms with Crippen LogP contribution in [0.5, 0.6) is 0 Å². The van der Waals surface area contributed by atoms with E-state index in [0.717, 1.165) is 10.0 Å². The first-order chi connectivity index (χ1) is 13.8. The van der Waals surface area contributed by atoms with Crippen molar-refractivity contribution < 1.29 is 27.6 Å². The third-order valence-corrected chi connectivity index (χ3v) is 5.89. The number of esters is 1. The maximum Gasteiger partial charge on any atom is 0.308 e. The number of carbonyl (C=O) groups is 2. The number of hydroxylamine groups is 1. The molecular weight excluding hydrogens is 396 g/mol. The van der Waals surface area contributed by atoms with Gasteiger partial charge in [0.05, 0.1) is 31.1 Å². The SMILES string of the molecule is CCOC(=O)CC(NC(=O)c1ccc(S(=O)(=O)N(C)OC)cc1)c1ccccc1. The third-order valence-electron chi connectivity index (χ3n) is 4.19. The summed E-state index contributed by atoms with van der Waals surface area (Å²) in [6.07, 6.45) is -0.0192. The van der Waals surface area contributed by atoms with Crippen LogP contribution >= 0.6 is 0 Å². The van der Waals surface area contributed by atoms with Gasteiger partial charge in [-0.15, -0.1) is 0 Å². The standard InChI is InChI=1S/C20H24N2O6S/c1-4-28-19(23)14-18(15-8-6-5-7-9-15)21-20(24)16-10-12-17(13-11-16)29(25,26)22(2)27-3/h5-13,18H,4,14H2,1-3H3,(H,21,24). The Morgan fingerprint density at radius 3 is 2.24 bits per heavy atom. The molecule has 0 aromatic heterocycles. The Kier molecular flexibility index (Phi) is 7.89. The Hall–Kier alpha value is -2.75. The van der Waals surface area contributed by atoms with Crippen molar-refractivity contribution in [2.45, 2.75) is 24.3 Å². The van der Waals surface area contributed by atoms with Gasteiger partial charge in [0, 0.05) is 12.6 Å². The number of ether oxygens (including phenoxy) is 1. The van der Waals surface area contributed by atoms with E-state index in [9.17, 15) is 18.0 Å². The summed E-state index contributed by atoms with van der Waals surface area (Å²) in [6.45, 7) is 1.96. The van der Waals surface area contributed by atoms with E-state index >= 15 is 0 Å². The summed E-state index contributed by atoms with van der Waals surface area (Å²) in [5.41, 5.74) is 1.02. The molecule has 0 heterocycles. The Balaban J connectivity index is 2.19. The van der Waals surface area contributed by atoms with Gasteiger partial charge in [-0.2, -0.15) is 0 Å². The van der Waals surface area contributed by atoms with Crippen molar-refractivity contribution in [3.8, 4) is 0 Å². The van der Waals surface area contributed by atoms with Crippen molar-refractivity contribution in [1.29, 1.82) is 0 Å². The van der Waals surface area contributed by atoms with Gasteiger partial charge >= 0.3 is 5.97 Å². The zero-order valence-corrected chi connectivity index (χ0v) is 17.3. The van der Waals surface area contributed by atoms with Crippen LogP contribution in [0.2, 0.25) is 0 Å². The van der Waals surface area contributed by atoms with E-state index in [4.69, 9.17) is 9.57 Å². The molecule has 0 spiro atoms.